The summed E-state index contributed by atoms with van der Waals surface area (Å²) >= 11 is 5.51. The Morgan fingerprint density at radius 2 is 2.25 bits per heavy atom. The summed E-state index contributed by atoms with van der Waals surface area (Å²) in [7, 11) is 3.72. The largest absolute Gasteiger partial charge is 0.387 e. The van der Waals surface area contributed by atoms with Gasteiger partial charge in [-0.2, -0.15) is 0 Å². The van der Waals surface area contributed by atoms with Crippen molar-refractivity contribution in [3.8, 4) is 0 Å². The summed E-state index contributed by atoms with van der Waals surface area (Å²) < 4.78 is 3.11. The minimum atomic E-state index is 0.838. The van der Waals surface area contributed by atoms with Gasteiger partial charge in [0, 0.05) is 31.5 Å². The maximum absolute atomic E-state index is 4.31. The van der Waals surface area contributed by atoms with Gasteiger partial charge < -0.3 is 15.4 Å². The summed E-state index contributed by atoms with van der Waals surface area (Å²) in [5, 5.41) is 8.64. The van der Waals surface area contributed by atoms with E-state index in [2.05, 4.69) is 33.0 Å². The van der Waals surface area contributed by atoms with Crippen molar-refractivity contribution in [2.45, 2.75) is 11.9 Å². The molecule has 0 unspecified atom stereocenters. The summed E-state index contributed by atoms with van der Waals surface area (Å²) in [6.07, 6.45) is 1.82. The van der Waals surface area contributed by atoms with Crippen molar-refractivity contribution in [1.82, 2.24) is 15.0 Å². The van der Waals surface area contributed by atoms with Gasteiger partial charge in [0.05, 0.1) is 11.9 Å². The molecule has 0 amide bonds. The molecule has 88 valence electrons. The summed E-state index contributed by atoms with van der Waals surface area (Å²) in [5.41, 5.74) is 2.21. The fourth-order valence-electron chi connectivity index (χ4n) is 1.10. The Morgan fingerprint density at radius 1 is 1.50 bits per heavy atom. The molecule has 0 saturated heterocycles. The van der Waals surface area contributed by atoms with Crippen LogP contribution < -0.4 is 15.4 Å². The van der Waals surface area contributed by atoms with Crippen LogP contribution in [-0.2, 0) is 0 Å². The highest BCUT2D eigenvalue weighted by molar-refractivity contribution is 7.97. The third-order valence-electron chi connectivity index (χ3n) is 2.02. The van der Waals surface area contributed by atoms with Gasteiger partial charge in [-0.3, -0.25) is 0 Å². The van der Waals surface area contributed by atoms with Crippen molar-refractivity contribution in [2.75, 3.05) is 19.4 Å². The van der Waals surface area contributed by atoms with Gasteiger partial charge in [0.15, 0.2) is 0 Å². The fourth-order valence-corrected chi connectivity index (χ4v) is 2.09. The first kappa shape index (κ1) is 13.1. The molecule has 0 aromatic carbocycles. The second-order valence-corrected chi connectivity index (χ2v) is 4.17. The minimum Gasteiger partial charge on any atom is -0.387 e. The molecule has 1 aromatic rings. The zero-order valence-electron chi connectivity index (χ0n) is 9.53. The Bertz CT molecular complexity index is 379. The SMILES string of the molecule is CN/C(=C\S)NSc1cc(C)c(NC)cn1. The molecule has 1 heterocycles. The standard InChI is InChI=1S/C10H16N4S2/c1-7-4-10(13-5-8(7)11-2)16-14-9(6-15)12-3/h4-6,11-12,14-15H,1-3H3/b9-6+. The van der Waals surface area contributed by atoms with Crippen molar-refractivity contribution in [3.63, 3.8) is 0 Å². The van der Waals surface area contributed by atoms with Crippen LogP contribution in [0.1, 0.15) is 5.56 Å². The van der Waals surface area contributed by atoms with Gasteiger partial charge in [0.25, 0.3) is 0 Å². The lowest BCUT2D eigenvalue weighted by Crippen LogP contribution is -2.16. The molecule has 0 aliphatic rings. The maximum Gasteiger partial charge on any atom is 0.117 e. The van der Waals surface area contributed by atoms with Crippen molar-refractivity contribution in [3.05, 3.63) is 29.1 Å². The van der Waals surface area contributed by atoms with Crippen LogP contribution in [0.5, 0.6) is 0 Å². The number of hydrogen-bond acceptors (Lipinski definition) is 6. The van der Waals surface area contributed by atoms with Crippen LogP contribution in [-0.4, -0.2) is 19.1 Å². The van der Waals surface area contributed by atoms with E-state index < -0.39 is 0 Å². The number of nitrogens with zero attached hydrogens (tertiary/aromatic N) is 1. The van der Waals surface area contributed by atoms with Crippen molar-refractivity contribution >= 4 is 30.3 Å². The molecular weight excluding hydrogens is 240 g/mol. The number of rotatable bonds is 5. The van der Waals surface area contributed by atoms with Crippen molar-refractivity contribution in [1.29, 1.82) is 0 Å². The molecule has 1 rings (SSSR count). The van der Waals surface area contributed by atoms with Crippen molar-refractivity contribution < 1.29 is 0 Å². The van der Waals surface area contributed by atoms with E-state index in [4.69, 9.17) is 0 Å². The summed E-state index contributed by atoms with van der Waals surface area (Å²) in [6.45, 7) is 2.05. The number of hydrogen-bond donors (Lipinski definition) is 4. The van der Waals surface area contributed by atoms with Gasteiger partial charge in [-0.25, -0.2) is 4.98 Å². The Labute approximate surface area is 106 Å². The number of aromatic nitrogens is 1. The highest BCUT2D eigenvalue weighted by Crippen LogP contribution is 2.19. The van der Waals surface area contributed by atoms with E-state index in [9.17, 15) is 0 Å². The first-order valence-electron chi connectivity index (χ1n) is 4.80. The lowest BCUT2D eigenvalue weighted by Gasteiger charge is -2.09. The zero-order chi connectivity index (χ0) is 12.0. The van der Waals surface area contributed by atoms with Crippen LogP contribution in [0.4, 0.5) is 5.69 Å². The maximum atomic E-state index is 4.31. The summed E-state index contributed by atoms with van der Waals surface area (Å²) in [6, 6.07) is 2.02. The van der Waals surface area contributed by atoms with E-state index in [0.29, 0.717) is 0 Å². The molecule has 0 fully saturated rings. The van der Waals surface area contributed by atoms with Gasteiger partial charge in [-0.15, -0.1) is 12.6 Å². The molecule has 4 nitrogen and oxygen atoms in total. The Balaban J connectivity index is 2.65. The average Bonchev–Trinajstić information content (AvgIpc) is 2.30. The number of anilines is 1. The summed E-state index contributed by atoms with van der Waals surface area (Å²) in [4.78, 5) is 4.31. The van der Waals surface area contributed by atoms with Crippen LogP contribution in [0, 0.1) is 6.92 Å². The average molecular weight is 256 g/mol. The molecule has 0 atom stereocenters. The first-order valence-corrected chi connectivity index (χ1v) is 6.14. The predicted octanol–water partition coefficient (Wildman–Crippen LogP) is 1.98. The number of pyridine rings is 1. The lowest BCUT2D eigenvalue weighted by atomic mass is 10.2. The molecule has 0 bridgehead atoms. The van der Waals surface area contributed by atoms with Crippen LogP contribution in [0.3, 0.4) is 0 Å². The first-order chi connectivity index (χ1) is 7.71. The van der Waals surface area contributed by atoms with Gasteiger partial charge in [0.1, 0.15) is 10.8 Å². The zero-order valence-corrected chi connectivity index (χ0v) is 11.2. The van der Waals surface area contributed by atoms with Crippen molar-refractivity contribution in [2.24, 2.45) is 0 Å². The van der Waals surface area contributed by atoms with Gasteiger partial charge in [0.2, 0.25) is 0 Å². The van der Waals surface area contributed by atoms with Crippen LogP contribution >= 0.6 is 24.6 Å². The van der Waals surface area contributed by atoms with Crippen LogP contribution in [0.15, 0.2) is 28.5 Å². The van der Waals surface area contributed by atoms with Crippen LogP contribution in [0.25, 0.3) is 0 Å². The molecule has 0 saturated carbocycles. The fraction of sp³-hybridized carbons (Fsp3) is 0.300. The Hall–Kier alpha value is -1.01. The van der Waals surface area contributed by atoms with E-state index in [1.165, 1.54) is 17.5 Å². The third-order valence-corrected chi connectivity index (χ3v) is 3.03. The predicted molar refractivity (Wildman–Crippen MR) is 73.6 cm³/mol. The molecule has 0 aliphatic heterocycles. The second kappa shape index (κ2) is 6.55. The number of thiol groups is 1. The monoisotopic (exact) mass is 256 g/mol. The molecule has 0 radical (unpaired) electrons. The quantitative estimate of drug-likeness (QED) is 0.479. The highest BCUT2D eigenvalue weighted by atomic mass is 32.2. The highest BCUT2D eigenvalue weighted by Gasteiger charge is 2.01. The van der Waals surface area contributed by atoms with Gasteiger partial charge in [-0.05, 0) is 18.6 Å². The molecule has 0 spiro atoms. The lowest BCUT2D eigenvalue weighted by molar-refractivity contribution is 0.928. The number of aryl methyl sites for hydroxylation is 1. The molecule has 1 aromatic heterocycles. The second-order valence-electron chi connectivity index (χ2n) is 3.08. The Kier molecular flexibility index (Phi) is 5.34. The van der Waals surface area contributed by atoms with E-state index >= 15 is 0 Å². The smallest absolute Gasteiger partial charge is 0.117 e. The topological polar surface area (TPSA) is 49.0 Å². The van der Waals surface area contributed by atoms with E-state index in [-0.39, 0.29) is 0 Å². The van der Waals surface area contributed by atoms with Gasteiger partial charge >= 0.3 is 0 Å². The van der Waals surface area contributed by atoms with E-state index in [1.54, 1.807) is 5.41 Å². The molecule has 6 heteroatoms. The van der Waals surface area contributed by atoms with Crippen LogP contribution in [0.2, 0.25) is 0 Å². The number of nitrogens with one attached hydrogen (secondary N) is 3. The van der Waals surface area contributed by atoms with Gasteiger partial charge in [-0.1, -0.05) is 0 Å². The Morgan fingerprint density at radius 3 is 2.75 bits per heavy atom. The molecule has 16 heavy (non-hydrogen) atoms. The van der Waals surface area contributed by atoms with E-state index in [0.717, 1.165) is 16.5 Å². The molecular formula is C10H16N4S2. The van der Waals surface area contributed by atoms with E-state index in [1.807, 2.05) is 33.3 Å². The minimum absolute atomic E-state index is 0.838. The molecule has 3 N–H and O–H groups in total. The third kappa shape index (κ3) is 3.53. The normalized spacial score (nSPS) is 11.1. The summed E-state index contributed by atoms with van der Waals surface area (Å²) in [5.74, 6) is 0.838. The molecule has 0 aliphatic carbocycles.